The maximum absolute atomic E-state index is 14.9. The van der Waals surface area contributed by atoms with Crippen LogP contribution in [0.3, 0.4) is 0 Å². The van der Waals surface area contributed by atoms with Gasteiger partial charge in [0.15, 0.2) is 0 Å². The van der Waals surface area contributed by atoms with Gasteiger partial charge in [0.1, 0.15) is 23.3 Å². The summed E-state index contributed by atoms with van der Waals surface area (Å²) in [5.74, 6) is 3.80. The minimum absolute atomic E-state index is 0.0880. The SMILES string of the molecule is CCCc1ccc(C#Cc2ccc(-c3ccc(-c4cc(F)c(C#CC(F)(F)F)c(F)c4)c(F)c3)c(F)c2)cc1. The van der Waals surface area contributed by atoms with Gasteiger partial charge in [-0.2, -0.15) is 13.2 Å². The monoisotopic (exact) mass is 536 g/mol. The van der Waals surface area contributed by atoms with Crippen molar-refractivity contribution in [3.05, 3.63) is 118 Å². The molecule has 0 aromatic heterocycles. The minimum Gasteiger partial charge on any atom is -0.206 e. The van der Waals surface area contributed by atoms with Gasteiger partial charge < -0.3 is 0 Å². The van der Waals surface area contributed by atoms with E-state index in [0.717, 1.165) is 30.4 Å². The molecule has 0 saturated carbocycles. The molecule has 0 saturated heterocycles. The summed E-state index contributed by atoms with van der Waals surface area (Å²) in [6, 6.07) is 17.0. The molecule has 0 aliphatic rings. The largest absolute Gasteiger partial charge is 0.458 e. The number of halogens is 7. The molecule has 0 nitrogen and oxygen atoms in total. The van der Waals surface area contributed by atoms with E-state index in [1.807, 2.05) is 24.3 Å². The fraction of sp³-hybridized carbons (Fsp3) is 0.125. The van der Waals surface area contributed by atoms with Crippen molar-refractivity contribution in [2.24, 2.45) is 0 Å². The van der Waals surface area contributed by atoms with Gasteiger partial charge in [0.2, 0.25) is 0 Å². The van der Waals surface area contributed by atoms with Gasteiger partial charge in [0.25, 0.3) is 0 Å². The Kier molecular flexibility index (Phi) is 8.12. The fourth-order valence-corrected chi connectivity index (χ4v) is 3.91. The summed E-state index contributed by atoms with van der Waals surface area (Å²) in [7, 11) is 0. The molecule has 196 valence electrons. The van der Waals surface area contributed by atoms with Crippen molar-refractivity contribution in [1.82, 2.24) is 0 Å². The van der Waals surface area contributed by atoms with E-state index in [9.17, 15) is 30.7 Å². The van der Waals surface area contributed by atoms with Crippen molar-refractivity contribution in [2.45, 2.75) is 25.9 Å². The van der Waals surface area contributed by atoms with Crippen molar-refractivity contribution in [3.8, 4) is 45.9 Å². The molecule has 0 atom stereocenters. The van der Waals surface area contributed by atoms with E-state index in [4.69, 9.17) is 0 Å². The Morgan fingerprint density at radius 1 is 0.590 bits per heavy atom. The van der Waals surface area contributed by atoms with Crippen LogP contribution in [-0.4, -0.2) is 6.18 Å². The first-order chi connectivity index (χ1) is 18.5. The van der Waals surface area contributed by atoms with Crippen LogP contribution in [0.25, 0.3) is 22.3 Å². The summed E-state index contributed by atoms with van der Waals surface area (Å²) in [6.45, 7) is 2.10. The number of rotatable bonds is 4. The maximum atomic E-state index is 14.9. The van der Waals surface area contributed by atoms with Gasteiger partial charge in [-0.05, 0) is 65.6 Å². The molecule has 0 spiro atoms. The van der Waals surface area contributed by atoms with E-state index < -0.39 is 35.0 Å². The zero-order chi connectivity index (χ0) is 28.2. The minimum atomic E-state index is -4.93. The highest BCUT2D eigenvalue weighted by molar-refractivity contribution is 5.72. The standard InChI is InChI=1S/C32H19F7/c1-2-3-20-4-6-21(7-5-20)8-9-22-10-12-25(28(33)16-22)23-11-13-26(29(34)17-23)24-18-30(35)27(31(36)19-24)14-15-32(37,38)39/h4-7,10-13,16-19H,2-3H2,1H3. The first-order valence-electron chi connectivity index (χ1n) is 11.8. The van der Waals surface area contributed by atoms with E-state index in [1.165, 1.54) is 35.7 Å². The molecule has 0 unspecified atom stereocenters. The van der Waals surface area contributed by atoms with Crippen LogP contribution in [-0.2, 0) is 6.42 Å². The Balaban J connectivity index is 1.58. The van der Waals surface area contributed by atoms with Crippen LogP contribution in [0.1, 0.15) is 35.6 Å². The summed E-state index contributed by atoms with van der Waals surface area (Å²) >= 11 is 0. The Morgan fingerprint density at radius 3 is 1.72 bits per heavy atom. The van der Waals surface area contributed by atoms with Gasteiger partial charge in [0, 0.05) is 28.2 Å². The molecule has 0 aliphatic carbocycles. The van der Waals surface area contributed by atoms with Crippen LogP contribution in [0, 0.1) is 47.0 Å². The van der Waals surface area contributed by atoms with Gasteiger partial charge in [-0.25, -0.2) is 17.6 Å². The third-order valence-corrected chi connectivity index (χ3v) is 5.78. The average molecular weight is 536 g/mol. The van der Waals surface area contributed by atoms with Crippen LogP contribution in [0.4, 0.5) is 30.7 Å². The lowest BCUT2D eigenvalue weighted by molar-refractivity contribution is -0.0696. The van der Waals surface area contributed by atoms with E-state index in [1.54, 1.807) is 6.07 Å². The number of hydrogen-bond acceptors (Lipinski definition) is 0. The van der Waals surface area contributed by atoms with E-state index in [2.05, 4.69) is 18.8 Å². The molecule has 0 amide bonds. The molecule has 0 radical (unpaired) electrons. The Labute approximate surface area is 221 Å². The summed E-state index contributed by atoms with van der Waals surface area (Å²) in [5, 5.41) is 0. The van der Waals surface area contributed by atoms with Crippen molar-refractivity contribution in [1.29, 1.82) is 0 Å². The summed E-state index contributed by atoms with van der Waals surface area (Å²) in [5.41, 5.74) is 1.13. The Hall–Kier alpha value is -4.49. The van der Waals surface area contributed by atoms with Gasteiger partial charge in [-0.15, -0.1) is 0 Å². The normalized spacial score (nSPS) is 10.9. The molecule has 0 aliphatic heterocycles. The highest BCUT2D eigenvalue weighted by Crippen LogP contribution is 2.31. The summed E-state index contributed by atoms with van der Waals surface area (Å²) in [6.07, 6.45) is -2.92. The first-order valence-corrected chi connectivity index (χ1v) is 11.8. The lowest BCUT2D eigenvalue weighted by Gasteiger charge is -2.09. The van der Waals surface area contributed by atoms with Crippen molar-refractivity contribution >= 4 is 0 Å². The number of aryl methyl sites for hydroxylation is 1. The zero-order valence-corrected chi connectivity index (χ0v) is 20.5. The molecule has 0 heterocycles. The maximum Gasteiger partial charge on any atom is 0.458 e. The van der Waals surface area contributed by atoms with Crippen molar-refractivity contribution in [2.75, 3.05) is 0 Å². The van der Waals surface area contributed by atoms with Crippen LogP contribution < -0.4 is 0 Å². The molecule has 4 aromatic rings. The molecular formula is C32H19F7. The molecule has 0 bridgehead atoms. The first kappa shape index (κ1) is 27.5. The van der Waals surface area contributed by atoms with Gasteiger partial charge >= 0.3 is 6.18 Å². The van der Waals surface area contributed by atoms with E-state index in [-0.39, 0.29) is 22.3 Å². The van der Waals surface area contributed by atoms with Crippen LogP contribution in [0.5, 0.6) is 0 Å². The topological polar surface area (TPSA) is 0 Å². The molecule has 39 heavy (non-hydrogen) atoms. The van der Waals surface area contributed by atoms with E-state index >= 15 is 0 Å². The Morgan fingerprint density at radius 2 is 1.13 bits per heavy atom. The number of hydrogen-bond donors (Lipinski definition) is 0. The second-order valence-electron chi connectivity index (χ2n) is 8.65. The lowest BCUT2D eigenvalue weighted by Crippen LogP contribution is -2.02. The third kappa shape index (κ3) is 6.89. The van der Waals surface area contributed by atoms with Crippen LogP contribution in [0.2, 0.25) is 0 Å². The second kappa shape index (κ2) is 11.5. The quantitative estimate of drug-likeness (QED) is 0.181. The van der Waals surface area contributed by atoms with Crippen LogP contribution >= 0.6 is 0 Å². The number of benzene rings is 4. The highest BCUT2D eigenvalue weighted by Gasteiger charge is 2.24. The predicted molar refractivity (Wildman–Crippen MR) is 136 cm³/mol. The fourth-order valence-electron chi connectivity index (χ4n) is 3.91. The van der Waals surface area contributed by atoms with Crippen LogP contribution in [0.15, 0.2) is 72.8 Å². The number of alkyl halides is 3. The second-order valence-corrected chi connectivity index (χ2v) is 8.65. The molecule has 4 aromatic carbocycles. The van der Waals surface area contributed by atoms with E-state index in [0.29, 0.717) is 17.7 Å². The molecule has 4 rings (SSSR count). The van der Waals surface area contributed by atoms with Gasteiger partial charge in [-0.1, -0.05) is 61.4 Å². The van der Waals surface area contributed by atoms with Crippen molar-refractivity contribution < 1.29 is 30.7 Å². The summed E-state index contributed by atoms with van der Waals surface area (Å²) < 4.78 is 95.1. The van der Waals surface area contributed by atoms with Crippen molar-refractivity contribution in [3.63, 3.8) is 0 Å². The molecule has 7 heteroatoms. The highest BCUT2D eigenvalue weighted by atomic mass is 19.4. The lowest BCUT2D eigenvalue weighted by atomic mass is 9.97. The summed E-state index contributed by atoms with van der Waals surface area (Å²) in [4.78, 5) is 0. The third-order valence-electron chi connectivity index (χ3n) is 5.78. The zero-order valence-electron chi connectivity index (χ0n) is 20.5. The molecule has 0 fully saturated rings. The smallest absolute Gasteiger partial charge is 0.206 e. The van der Waals surface area contributed by atoms with Gasteiger partial charge in [-0.3, -0.25) is 0 Å². The van der Waals surface area contributed by atoms with Gasteiger partial charge in [0.05, 0.1) is 5.56 Å². The molecular weight excluding hydrogens is 517 g/mol. The Bertz CT molecular complexity index is 1620. The predicted octanol–water partition coefficient (Wildman–Crippen LogP) is 8.84. The molecule has 0 N–H and O–H groups in total. The average Bonchev–Trinajstić information content (AvgIpc) is 2.87.